The third-order valence-electron chi connectivity index (χ3n) is 6.65. The number of nitrogens with zero attached hydrogens (tertiary/aromatic N) is 3. The van der Waals surface area contributed by atoms with Crippen LogP contribution < -0.4 is 0 Å². The molecule has 1 N–H and O–H groups in total. The first-order valence-electron chi connectivity index (χ1n) is 10.3. The number of ether oxygens (including phenoxy) is 1. The first-order valence-corrected chi connectivity index (χ1v) is 10.3. The largest absolute Gasteiger partial charge is 0.384 e. The maximum atomic E-state index is 5.39. The lowest BCUT2D eigenvalue weighted by atomic mass is 9.79. The van der Waals surface area contributed by atoms with Crippen LogP contribution >= 0.6 is 0 Å². The quantitative estimate of drug-likeness (QED) is 0.757. The fourth-order valence-electron chi connectivity index (χ4n) is 5.37. The molecule has 5 heteroatoms. The minimum absolute atomic E-state index is 0.614. The van der Waals surface area contributed by atoms with Gasteiger partial charge < -0.3 is 9.72 Å². The van der Waals surface area contributed by atoms with Gasteiger partial charge in [0.1, 0.15) is 0 Å². The van der Waals surface area contributed by atoms with Crippen molar-refractivity contribution in [1.82, 2.24) is 19.9 Å². The number of methoxy groups -OCH3 is 1. The van der Waals surface area contributed by atoms with Crippen molar-refractivity contribution in [3.63, 3.8) is 0 Å². The molecule has 0 bridgehead atoms. The SMILES string of the molecule is COCC1CCN(C2CCCC(c3cc[nH]c4cnc5nccc5c34)C2)C1. The smallest absolute Gasteiger partial charge is 0.159 e. The highest BCUT2D eigenvalue weighted by Gasteiger charge is 2.33. The number of pyridine rings is 2. The summed E-state index contributed by atoms with van der Waals surface area (Å²) >= 11 is 0. The number of fused-ring (bicyclic) bond motifs is 3. The molecule has 2 aliphatic rings. The van der Waals surface area contributed by atoms with Crippen molar-refractivity contribution in [2.24, 2.45) is 5.92 Å². The van der Waals surface area contributed by atoms with Crippen LogP contribution in [0.2, 0.25) is 0 Å². The lowest BCUT2D eigenvalue weighted by molar-refractivity contribution is 0.135. The number of likely N-dealkylation sites (tertiary alicyclic amines) is 1. The van der Waals surface area contributed by atoms with Crippen LogP contribution in [0, 0.1) is 5.92 Å². The Morgan fingerprint density at radius 3 is 3.11 bits per heavy atom. The van der Waals surface area contributed by atoms with E-state index in [2.05, 4.69) is 38.2 Å². The lowest BCUT2D eigenvalue weighted by Gasteiger charge is -2.36. The number of rotatable bonds is 4. The Labute approximate surface area is 160 Å². The van der Waals surface area contributed by atoms with Crippen LogP contribution in [0.25, 0.3) is 21.9 Å². The monoisotopic (exact) mass is 364 g/mol. The van der Waals surface area contributed by atoms with E-state index in [0.717, 1.165) is 17.8 Å². The average Bonchev–Trinajstić information content (AvgIpc) is 3.37. The van der Waals surface area contributed by atoms with Crippen LogP contribution in [-0.2, 0) is 4.74 Å². The highest BCUT2D eigenvalue weighted by atomic mass is 16.5. The zero-order valence-corrected chi connectivity index (χ0v) is 16.0. The fraction of sp³-hybridized carbons (Fsp3) is 0.545. The Morgan fingerprint density at radius 1 is 1.22 bits per heavy atom. The lowest BCUT2D eigenvalue weighted by Crippen LogP contribution is -2.37. The molecule has 3 atom stereocenters. The van der Waals surface area contributed by atoms with Crippen LogP contribution in [0.1, 0.15) is 43.6 Å². The van der Waals surface area contributed by atoms with Gasteiger partial charge in [-0.2, -0.15) is 0 Å². The molecule has 1 aliphatic heterocycles. The van der Waals surface area contributed by atoms with E-state index in [1.54, 1.807) is 0 Å². The van der Waals surface area contributed by atoms with Gasteiger partial charge in [0.05, 0.1) is 18.3 Å². The number of nitrogens with one attached hydrogen (secondary N) is 1. The van der Waals surface area contributed by atoms with Gasteiger partial charge in [0.2, 0.25) is 0 Å². The van der Waals surface area contributed by atoms with E-state index in [1.807, 2.05) is 19.5 Å². The summed E-state index contributed by atoms with van der Waals surface area (Å²) in [5, 5.41) is 2.51. The predicted octanol–water partition coefficient (Wildman–Crippen LogP) is 4.11. The minimum Gasteiger partial charge on any atom is -0.384 e. The van der Waals surface area contributed by atoms with Gasteiger partial charge >= 0.3 is 0 Å². The highest BCUT2D eigenvalue weighted by molar-refractivity contribution is 6.05. The van der Waals surface area contributed by atoms with Gasteiger partial charge in [0, 0.05) is 42.9 Å². The van der Waals surface area contributed by atoms with E-state index in [0.29, 0.717) is 17.9 Å². The Bertz CT molecular complexity index is 936. The number of aromatic nitrogens is 3. The predicted molar refractivity (Wildman–Crippen MR) is 108 cm³/mol. The maximum absolute atomic E-state index is 5.39. The Balaban J connectivity index is 1.44. The third-order valence-corrected chi connectivity index (χ3v) is 6.65. The molecule has 3 unspecified atom stereocenters. The number of aromatic amines is 1. The molecular weight excluding hydrogens is 336 g/mol. The first kappa shape index (κ1) is 17.1. The molecule has 1 aliphatic carbocycles. The summed E-state index contributed by atoms with van der Waals surface area (Å²) < 4.78 is 5.39. The summed E-state index contributed by atoms with van der Waals surface area (Å²) in [7, 11) is 1.82. The molecule has 1 saturated carbocycles. The van der Waals surface area contributed by atoms with Crippen molar-refractivity contribution in [3.8, 4) is 0 Å². The second-order valence-electron chi connectivity index (χ2n) is 8.28. The van der Waals surface area contributed by atoms with E-state index in [9.17, 15) is 0 Å². The van der Waals surface area contributed by atoms with Crippen molar-refractivity contribution in [1.29, 1.82) is 0 Å². The van der Waals surface area contributed by atoms with Gasteiger partial charge in [-0.3, -0.25) is 4.90 Å². The molecule has 0 amide bonds. The molecule has 3 aromatic rings. The molecule has 142 valence electrons. The van der Waals surface area contributed by atoms with E-state index in [-0.39, 0.29) is 0 Å². The van der Waals surface area contributed by atoms with Crippen LogP contribution in [0.15, 0.2) is 30.7 Å². The van der Waals surface area contributed by atoms with E-state index >= 15 is 0 Å². The molecule has 5 rings (SSSR count). The minimum atomic E-state index is 0.614. The summed E-state index contributed by atoms with van der Waals surface area (Å²) in [6, 6.07) is 5.11. The number of hydrogen-bond acceptors (Lipinski definition) is 4. The summed E-state index contributed by atoms with van der Waals surface area (Å²) in [5.41, 5.74) is 3.45. The first-order chi connectivity index (χ1) is 13.3. The zero-order chi connectivity index (χ0) is 18.2. The van der Waals surface area contributed by atoms with Crippen molar-refractivity contribution < 1.29 is 4.74 Å². The third kappa shape index (κ3) is 3.13. The second-order valence-corrected chi connectivity index (χ2v) is 8.28. The number of H-pyrrole nitrogens is 1. The topological polar surface area (TPSA) is 54.0 Å². The molecule has 0 aromatic carbocycles. The average molecular weight is 364 g/mol. The molecule has 0 spiro atoms. The van der Waals surface area contributed by atoms with Gasteiger partial charge in [-0.05, 0) is 61.8 Å². The molecule has 0 radical (unpaired) electrons. The van der Waals surface area contributed by atoms with Crippen LogP contribution in [0.3, 0.4) is 0 Å². The second kappa shape index (κ2) is 7.21. The van der Waals surface area contributed by atoms with Crippen LogP contribution in [-0.4, -0.2) is 52.7 Å². The van der Waals surface area contributed by atoms with Gasteiger partial charge in [0.15, 0.2) is 5.65 Å². The summed E-state index contributed by atoms with van der Waals surface area (Å²) in [5.74, 6) is 1.33. The molecular formula is C22H28N4O. The Hall–Kier alpha value is -1.98. The molecule has 4 heterocycles. The molecule has 1 saturated heterocycles. The number of hydrogen-bond donors (Lipinski definition) is 1. The van der Waals surface area contributed by atoms with Crippen molar-refractivity contribution in [2.75, 3.05) is 26.8 Å². The Morgan fingerprint density at radius 2 is 2.19 bits per heavy atom. The van der Waals surface area contributed by atoms with Crippen LogP contribution in [0.4, 0.5) is 0 Å². The molecule has 3 aromatic heterocycles. The summed E-state index contributed by atoms with van der Waals surface area (Å²) in [6.07, 6.45) is 12.4. The molecule has 27 heavy (non-hydrogen) atoms. The summed E-state index contributed by atoms with van der Waals surface area (Å²) in [4.78, 5) is 15.0. The van der Waals surface area contributed by atoms with E-state index in [4.69, 9.17) is 4.74 Å². The highest BCUT2D eigenvalue weighted by Crippen LogP contribution is 2.40. The van der Waals surface area contributed by atoms with Gasteiger partial charge in [0.25, 0.3) is 0 Å². The van der Waals surface area contributed by atoms with Gasteiger partial charge in [-0.15, -0.1) is 0 Å². The zero-order valence-electron chi connectivity index (χ0n) is 16.0. The molecule has 5 nitrogen and oxygen atoms in total. The fourth-order valence-corrected chi connectivity index (χ4v) is 5.37. The van der Waals surface area contributed by atoms with Crippen LogP contribution in [0.5, 0.6) is 0 Å². The van der Waals surface area contributed by atoms with Crippen molar-refractivity contribution in [2.45, 2.75) is 44.1 Å². The van der Waals surface area contributed by atoms with Gasteiger partial charge in [-0.25, -0.2) is 9.97 Å². The van der Waals surface area contributed by atoms with Crippen molar-refractivity contribution >= 4 is 21.9 Å². The van der Waals surface area contributed by atoms with E-state index < -0.39 is 0 Å². The normalized spacial score (nSPS) is 26.9. The van der Waals surface area contributed by atoms with Gasteiger partial charge in [-0.1, -0.05) is 6.42 Å². The maximum Gasteiger partial charge on any atom is 0.159 e. The van der Waals surface area contributed by atoms with Crippen molar-refractivity contribution in [3.05, 3.63) is 36.3 Å². The standard InChI is InChI=1S/C22H28N4O/c1-27-14-15-7-10-26(13-15)17-4-2-3-16(11-17)18-5-8-23-20-12-25-22-19(21(18)20)6-9-24-22/h5-6,8-9,12,15-17,23H,2-4,7,10-11,13-14H2,1H3. The summed E-state index contributed by atoms with van der Waals surface area (Å²) in [6.45, 7) is 3.34. The molecule has 2 fully saturated rings. The van der Waals surface area contributed by atoms with E-state index in [1.165, 1.54) is 61.5 Å². The Kier molecular flexibility index (Phi) is 4.58.